The van der Waals surface area contributed by atoms with Crippen molar-refractivity contribution in [2.24, 2.45) is 0 Å². The molecule has 0 saturated carbocycles. The lowest BCUT2D eigenvalue weighted by molar-refractivity contribution is -0.124. The summed E-state index contributed by atoms with van der Waals surface area (Å²) in [6, 6.07) is 9.63. The average molecular weight is 263 g/mol. The predicted molar refractivity (Wildman–Crippen MR) is 72.8 cm³/mol. The third kappa shape index (κ3) is 4.65. The molecule has 19 heavy (non-hydrogen) atoms. The van der Waals surface area contributed by atoms with E-state index in [9.17, 15) is 9.90 Å². The number of rotatable bonds is 6. The van der Waals surface area contributed by atoms with E-state index in [4.69, 9.17) is 4.74 Å². The Balaban J connectivity index is 1.79. The Morgan fingerprint density at radius 2 is 2.21 bits per heavy atom. The van der Waals surface area contributed by atoms with Crippen LogP contribution in [0.4, 0.5) is 0 Å². The topological polar surface area (TPSA) is 58.6 Å². The maximum atomic E-state index is 11.9. The zero-order chi connectivity index (χ0) is 13.5. The Bertz CT molecular complexity index is 388. The molecule has 0 bridgehead atoms. The number of amides is 1. The molecular formula is C15H21NO3. The van der Waals surface area contributed by atoms with E-state index >= 15 is 0 Å². The highest BCUT2D eigenvalue weighted by Gasteiger charge is 2.20. The molecular weight excluding hydrogens is 242 g/mol. The fourth-order valence-corrected chi connectivity index (χ4v) is 2.36. The number of ether oxygens (including phenoxy) is 1. The summed E-state index contributed by atoms with van der Waals surface area (Å²) < 4.78 is 5.43. The lowest BCUT2D eigenvalue weighted by atomic mass is 10.1. The first kappa shape index (κ1) is 14.0. The molecule has 2 atom stereocenters. The minimum Gasteiger partial charge on any atom is -0.394 e. The monoisotopic (exact) mass is 263 g/mol. The van der Waals surface area contributed by atoms with Gasteiger partial charge in [0.2, 0.25) is 5.91 Å². The standard InChI is InChI=1S/C15H21NO3/c17-11-13(9-12-5-2-1-3-6-12)16-15(18)10-14-7-4-8-19-14/h1-3,5-6,13-14,17H,4,7-11H2,(H,16,18)/t13-,14?/m0/s1. The van der Waals surface area contributed by atoms with Gasteiger partial charge in [-0.05, 0) is 24.8 Å². The molecule has 1 aromatic rings. The molecule has 2 rings (SSSR count). The zero-order valence-corrected chi connectivity index (χ0v) is 11.0. The molecule has 1 aromatic carbocycles. The van der Waals surface area contributed by atoms with Gasteiger partial charge in [0.1, 0.15) is 0 Å². The molecule has 1 heterocycles. The second kappa shape index (κ2) is 7.26. The van der Waals surface area contributed by atoms with Crippen LogP contribution in [0.2, 0.25) is 0 Å². The minimum atomic E-state index is -0.226. The molecule has 1 fully saturated rings. The van der Waals surface area contributed by atoms with Crippen LogP contribution in [0, 0.1) is 0 Å². The van der Waals surface area contributed by atoms with E-state index in [0.717, 1.165) is 25.0 Å². The van der Waals surface area contributed by atoms with E-state index in [1.54, 1.807) is 0 Å². The largest absolute Gasteiger partial charge is 0.394 e. The Labute approximate surface area is 113 Å². The summed E-state index contributed by atoms with van der Waals surface area (Å²) in [7, 11) is 0. The molecule has 0 aliphatic carbocycles. The Morgan fingerprint density at radius 3 is 2.84 bits per heavy atom. The van der Waals surface area contributed by atoms with Crippen molar-refractivity contribution in [1.29, 1.82) is 0 Å². The smallest absolute Gasteiger partial charge is 0.222 e. The molecule has 2 N–H and O–H groups in total. The first-order valence-electron chi connectivity index (χ1n) is 6.83. The molecule has 1 aliphatic heterocycles. The summed E-state index contributed by atoms with van der Waals surface area (Å²) in [4.78, 5) is 11.9. The fourth-order valence-electron chi connectivity index (χ4n) is 2.36. The first-order valence-corrected chi connectivity index (χ1v) is 6.83. The highest BCUT2D eigenvalue weighted by Crippen LogP contribution is 2.15. The van der Waals surface area contributed by atoms with E-state index in [0.29, 0.717) is 12.8 Å². The number of benzene rings is 1. The van der Waals surface area contributed by atoms with Gasteiger partial charge in [0, 0.05) is 6.61 Å². The van der Waals surface area contributed by atoms with Gasteiger partial charge >= 0.3 is 0 Å². The molecule has 104 valence electrons. The third-order valence-electron chi connectivity index (χ3n) is 3.35. The summed E-state index contributed by atoms with van der Waals surface area (Å²) in [5, 5.41) is 12.2. The first-order chi connectivity index (χ1) is 9.28. The van der Waals surface area contributed by atoms with E-state index in [1.165, 1.54) is 0 Å². The molecule has 4 nitrogen and oxygen atoms in total. The van der Waals surface area contributed by atoms with Gasteiger partial charge in [0.15, 0.2) is 0 Å². The van der Waals surface area contributed by atoms with Gasteiger partial charge < -0.3 is 15.2 Å². The molecule has 4 heteroatoms. The molecule has 1 unspecified atom stereocenters. The maximum Gasteiger partial charge on any atom is 0.222 e. The van der Waals surface area contributed by atoms with Crippen molar-refractivity contribution in [2.75, 3.05) is 13.2 Å². The van der Waals surface area contributed by atoms with Crippen LogP contribution in [-0.4, -0.2) is 36.4 Å². The lowest BCUT2D eigenvalue weighted by Gasteiger charge is -2.17. The average Bonchev–Trinajstić information content (AvgIpc) is 2.92. The van der Waals surface area contributed by atoms with Gasteiger partial charge in [-0.3, -0.25) is 4.79 Å². The highest BCUT2D eigenvalue weighted by atomic mass is 16.5. The number of aliphatic hydroxyl groups is 1. The van der Waals surface area contributed by atoms with Crippen molar-refractivity contribution in [2.45, 2.75) is 37.8 Å². The van der Waals surface area contributed by atoms with E-state index < -0.39 is 0 Å². The second-order valence-corrected chi connectivity index (χ2v) is 4.98. The summed E-state index contributed by atoms with van der Waals surface area (Å²) in [6.45, 7) is 0.706. The molecule has 1 amide bonds. The summed E-state index contributed by atoms with van der Waals surface area (Å²) in [5.41, 5.74) is 1.11. The van der Waals surface area contributed by atoms with Crippen molar-refractivity contribution in [3.8, 4) is 0 Å². The van der Waals surface area contributed by atoms with Gasteiger partial charge in [0.25, 0.3) is 0 Å². The van der Waals surface area contributed by atoms with E-state index in [2.05, 4.69) is 5.32 Å². The van der Waals surface area contributed by atoms with Gasteiger partial charge in [-0.1, -0.05) is 30.3 Å². The van der Waals surface area contributed by atoms with Crippen molar-refractivity contribution < 1.29 is 14.6 Å². The number of hydrogen-bond donors (Lipinski definition) is 2. The van der Waals surface area contributed by atoms with Crippen LogP contribution < -0.4 is 5.32 Å². The van der Waals surface area contributed by atoms with Crippen molar-refractivity contribution in [1.82, 2.24) is 5.32 Å². The predicted octanol–water partition coefficient (Wildman–Crippen LogP) is 1.28. The van der Waals surface area contributed by atoms with Crippen LogP contribution in [0.3, 0.4) is 0 Å². The molecule has 1 saturated heterocycles. The molecule has 0 aromatic heterocycles. The minimum absolute atomic E-state index is 0.0399. The van der Waals surface area contributed by atoms with Gasteiger partial charge in [-0.25, -0.2) is 0 Å². The van der Waals surface area contributed by atoms with E-state index in [-0.39, 0.29) is 24.7 Å². The SMILES string of the molecule is O=C(CC1CCCO1)N[C@H](CO)Cc1ccccc1. The number of aliphatic hydroxyl groups excluding tert-OH is 1. The summed E-state index contributed by atoms with van der Waals surface area (Å²) in [5.74, 6) is -0.0399. The maximum absolute atomic E-state index is 11.9. The fraction of sp³-hybridized carbons (Fsp3) is 0.533. The summed E-state index contributed by atoms with van der Waals surface area (Å²) in [6.07, 6.45) is 3.08. The van der Waals surface area contributed by atoms with Crippen LogP contribution in [0.25, 0.3) is 0 Å². The van der Waals surface area contributed by atoms with Gasteiger partial charge in [-0.2, -0.15) is 0 Å². The Morgan fingerprint density at radius 1 is 1.42 bits per heavy atom. The quantitative estimate of drug-likeness (QED) is 0.812. The Hall–Kier alpha value is -1.39. The highest BCUT2D eigenvalue weighted by molar-refractivity contribution is 5.76. The molecule has 1 aliphatic rings. The van der Waals surface area contributed by atoms with Crippen LogP contribution in [-0.2, 0) is 16.0 Å². The van der Waals surface area contributed by atoms with Crippen LogP contribution in [0.15, 0.2) is 30.3 Å². The van der Waals surface area contributed by atoms with Crippen molar-refractivity contribution in [3.63, 3.8) is 0 Å². The van der Waals surface area contributed by atoms with Crippen LogP contribution >= 0.6 is 0 Å². The molecule has 0 spiro atoms. The van der Waals surface area contributed by atoms with Crippen molar-refractivity contribution in [3.05, 3.63) is 35.9 Å². The third-order valence-corrected chi connectivity index (χ3v) is 3.35. The zero-order valence-electron chi connectivity index (χ0n) is 11.0. The second-order valence-electron chi connectivity index (χ2n) is 4.98. The van der Waals surface area contributed by atoms with Crippen LogP contribution in [0.5, 0.6) is 0 Å². The summed E-state index contributed by atoms with van der Waals surface area (Å²) >= 11 is 0. The van der Waals surface area contributed by atoms with Gasteiger partial charge in [0.05, 0.1) is 25.2 Å². The van der Waals surface area contributed by atoms with E-state index in [1.807, 2.05) is 30.3 Å². The number of carbonyl (C=O) groups is 1. The molecule has 0 radical (unpaired) electrons. The number of nitrogens with one attached hydrogen (secondary N) is 1. The lowest BCUT2D eigenvalue weighted by Crippen LogP contribution is -2.40. The normalized spacial score (nSPS) is 20.2. The number of carbonyl (C=O) groups excluding carboxylic acids is 1. The Kier molecular flexibility index (Phi) is 5.36. The van der Waals surface area contributed by atoms with Gasteiger partial charge in [-0.15, -0.1) is 0 Å². The van der Waals surface area contributed by atoms with Crippen LogP contribution in [0.1, 0.15) is 24.8 Å². The van der Waals surface area contributed by atoms with Crippen molar-refractivity contribution >= 4 is 5.91 Å². The number of hydrogen-bond acceptors (Lipinski definition) is 3.